The van der Waals surface area contributed by atoms with Gasteiger partial charge in [0.1, 0.15) is 36.7 Å². The molecule has 6 aromatic carbocycles. The average molecular weight is 852 g/mol. The van der Waals surface area contributed by atoms with Crippen molar-refractivity contribution in [2.45, 2.75) is 40.4 Å². The van der Waals surface area contributed by atoms with Crippen LogP contribution in [0.4, 0.5) is 17.1 Å². The molecule has 0 aliphatic heterocycles. The largest absolute Gasteiger partial charge is 0.822 e. The third-order valence-electron chi connectivity index (χ3n) is 10.6. The first-order chi connectivity index (χ1) is 29.1. The third-order valence-corrected chi connectivity index (χ3v) is 10.6. The van der Waals surface area contributed by atoms with Crippen molar-refractivity contribution < 1.29 is 19.2 Å². The lowest BCUT2D eigenvalue weighted by atomic mass is 10.1. The summed E-state index contributed by atoms with van der Waals surface area (Å²) in [4.78, 5) is 25.6. The van der Waals surface area contributed by atoms with Crippen LogP contribution in [0.5, 0.6) is 0 Å². The minimum Gasteiger partial charge on any atom is -0.822 e. The van der Waals surface area contributed by atoms with Crippen molar-refractivity contribution >= 4 is 43.1 Å². The van der Waals surface area contributed by atoms with E-state index in [1.807, 2.05) is 18.2 Å². The Morgan fingerprint density at radius 3 is 0.823 bits per heavy atom. The van der Waals surface area contributed by atoms with E-state index >= 15 is 0 Å². The summed E-state index contributed by atoms with van der Waals surface area (Å²) >= 11 is 0. The normalized spacial score (nSPS) is 11.4. The monoisotopic (exact) mass is 851 g/mol. The Morgan fingerprint density at radius 1 is 0.419 bits per heavy atom. The average Bonchev–Trinajstić information content (AvgIpc) is 3.22. The molecule has 0 saturated heterocycles. The maximum absolute atomic E-state index is 8.55. The molecule has 0 bridgehead atoms. The predicted molar refractivity (Wildman–Crippen MR) is 263 cm³/mol. The molecule has 62 heavy (non-hydrogen) atoms. The first kappa shape index (κ1) is 50.9. The summed E-state index contributed by atoms with van der Waals surface area (Å²) in [6.07, 6.45) is 5.72. The zero-order chi connectivity index (χ0) is 46.1. The van der Waals surface area contributed by atoms with E-state index in [2.05, 4.69) is 228 Å². The van der Waals surface area contributed by atoms with Gasteiger partial charge in [0.25, 0.3) is 0 Å². The van der Waals surface area contributed by atoms with Gasteiger partial charge < -0.3 is 19.2 Å². The molecule has 6 aromatic rings. The smallest absolute Gasteiger partial charge is 0.136 e. The van der Waals surface area contributed by atoms with Gasteiger partial charge in [-0.3, -0.25) is 13.4 Å². The maximum atomic E-state index is 8.55. The summed E-state index contributed by atoms with van der Waals surface area (Å²) in [6, 6.07) is 51.5. The minimum atomic E-state index is -5.39. The van der Waals surface area contributed by atoms with Crippen LogP contribution in [0.25, 0.3) is 18.2 Å². The number of hydrogen-bond acceptors (Lipinski definition) is 4. The molecule has 0 N–H and O–H groups in total. The van der Waals surface area contributed by atoms with Crippen molar-refractivity contribution in [3.63, 3.8) is 0 Å². The highest BCUT2D eigenvalue weighted by Crippen LogP contribution is 2.30. The Hall–Kier alpha value is -5.47. The SMILES string of the molecule is C=Cc1ccc(C)c([N+](C)(C)Cc2ccccc2)c1.C=Cc1ccc(C)c([N+](C)(C)Cc2ccccc2)c1.C=Cc1ccc(C)c([N+](C)(C)Cc2ccccc2)c1.O=P([O-])([O-])[O-]. The Morgan fingerprint density at radius 2 is 0.629 bits per heavy atom. The highest BCUT2D eigenvalue weighted by atomic mass is 31.2. The lowest BCUT2D eigenvalue weighted by molar-refractivity contribution is -0.432. The van der Waals surface area contributed by atoms with E-state index in [0.29, 0.717) is 0 Å². The summed E-state index contributed by atoms with van der Waals surface area (Å²) in [6.45, 7) is 21.1. The quantitative estimate of drug-likeness (QED) is 0.0907. The summed E-state index contributed by atoms with van der Waals surface area (Å²) in [7, 11) is 8.12. The second-order valence-corrected chi connectivity index (χ2v) is 18.1. The molecule has 0 aromatic heterocycles. The zero-order valence-corrected chi connectivity index (χ0v) is 39.1. The van der Waals surface area contributed by atoms with E-state index in [1.54, 1.807) is 0 Å². The lowest BCUT2D eigenvalue weighted by Crippen LogP contribution is -2.40. The van der Waals surface area contributed by atoms with Crippen LogP contribution >= 0.6 is 7.82 Å². The highest BCUT2D eigenvalue weighted by molar-refractivity contribution is 7.40. The molecule has 0 aliphatic carbocycles. The second-order valence-electron chi connectivity index (χ2n) is 17.2. The van der Waals surface area contributed by atoms with Crippen molar-refractivity contribution in [1.82, 2.24) is 13.4 Å². The van der Waals surface area contributed by atoms with Crippen LogP contribution in [0.15, 0.2) is 165 Å². The summed E-state index contributed by atoms with van der Waals surface area (Å²) in [5, 5.41) is 0. The Balaban J connectivity index is 0.000000234. The first-order valence-electron chi connectivity index (χ1n) is 20.6. The molecule has 7 nitrogen and oxygen atoms in total. The maximum Gasteiger partial charge on any atom is 0.136 e. The Kier molecular flexibility index (Phi) is 19.0. The lowest BCUT2D eigenvalue weighted by Gasteiger charge is -2.36. The molecular formula is C54H66N3O4P. The van der Waals surface area contributed by atoms with Crippen LogP contribution < -0.4 is 28.1 Å². The fourth-order valence-electron chi connectivity index (χ4n) is 7.59. The summed E-state index contributed by atoms with van der Waals surface area (Å²) < 4.78 is 11.1. The minimum absolute atomic E-state index is 0.845. The van der Waals surface area contributed by atoms with Crippen LogP contribution in [0.3, 0.4) is 0 Å². The molecule has 6 rings (SSSR count). The molecule has 0 heterocycles. The van der Waals surface area contributed by atoms with Gasteiger partial charge in [-0.05, 0) is 37.5 Å². The molecule has 8 heteroatoms. The topological polar surface area (TPSA) is 86.2 Å². The van der Waals surface area contributed by atoms with E-state index in [9.17, 15) is 0 Å². The van der Waals surface area contributed by atoms with Crippen LogP contribution in [0, 0.1) is 20.8 Å². The van der Waals surface area contributed by atoms with Gasteiger partial charge in [-0.15, -0.1) is 0 Å². The summed E-state index contributed by atoms with van der Waals surface area (Å²) in [5.74, 6) is 0. The van der Waals surface area contributed by atoms with Crippen molar-refractivity contribution in [1.29, 1.82) is 0 Å². The van der Waals surface area contributed by atoms with E-state index in [0.717, 1.165) is 33.1 Å². The van der Waals surface area contributed by atoms with Gasteiger partial charge in [0.05, 0.1) is 42.3 Å². The highest BCUT2D eigenvalue weighted by Gasteiger charge is 2.24. The van der Waals surface area contributed by atoms with E-state index in [-0.39, 0.29) is 0 Å². The Labute approximate surface area is 372 Å². The van der Waals surface area contributed by atoms with Gasteiger partial charge in [-0.1, -0.05) is 165 Å². The first-order valence-corrected chi connectivity index (χ1v) is 22.1. The number of hydrogen-bond donors (Lipinski definition) is 0. The molecule has 0 atom stereocenters. The molecule has 0 fully saturated rings. The van der Waals surface area contributed by atoms with E-state index < -0.39 is 7.82 Å². The van der Waals surface area contributed by atoms with Gasteiger partial charge in [0, 0.05) is 51.6 Å². The number of nitrogens with zero attached hydrogens (tertiary/aromatic N) is 3. The molecule has 0 saturated carbocycles. The van der Waals surface area contributed by atoms with E-state index in [4.69, 9.17) is 19.2 Å². The number of rotatable bonds is 12. The van der Waals surface area contributed by atoms with Crippen LogP contribution in [0.1, 0.15) is 50.1 Å². The van der Waals surface area contributed by atoms with Crippen molar-refractivity contribution in [3.8, 4) is 0 Å². The fraction of sp³-hybridized carbons (Fsp3) is 0.222. The number of benzene rings is 6. The van der Waals surface area contributed by atoms with Crippen LogP contribution in [0.2, 0.25) is 0 Å². The zero-order valence-electron chi connectivity index (χ0n) is 38.3. The van der Waals surface area contributed by atoms with Crippen LogP contribution in [-0.4, -0.2) is 42.3 Å². The number of phosphoric acid groups is 1. The molecule has 326 valence electrons. The van der Waals surface area contributed by atoms with Gasteiger partial charge in [-0.25, -0.2) is 0 Å². The van der Waals surface area contributed by atoms with Crippen molar-refractivity contribution in [2.24, 2.45) is 0 Å². The van der Waals surface area contributed by atoms with Crippen LogP contribution in [-0.2, 0) is 24.2 Å². The third kappa shape index (κ3) is 16.8. The van der Waals surface area contributed by atoms with Crippen molar-refractivity contribution in [3.05, 3.63) is 215 Å². The standard InChI is InChI=1S/3C18H22N.H3O4P/c3*1-5-16-12-11-15(2)18(13-16)19(3,4)14-17-9-7-6-8-10-17;1-5(2,3)4/h3*5-13H,1,14H2,2-4H3;(H3,1,2,3,4)/q3*+1;/p-3. The van der Waals surface area contributed by atoms with Gasteiger partial charge in [0.15, 0.2) is 0 Å². The number of quaternary nitrogens is 3. The number of aryl methyl sites for hydroxylation is 3. The molecule has 0 spiro atoms. The molecule has 0 unspecified atom stereocenters. The molecule has 0 amide bonds. The van der Waals surface area contributed by atoms with Gasteiger partial charge in [-0.2, -0.15) is 7.82 Å². The molecule has 0 radical (unpaired) electrons. The van der Waals surface area contributed by atoms with Crippen molar-refractivity contribution in [2.75, 3.05) is 42.3 Å². The Bertz CT molecular complexity index is 2140. The fourth-order valence-corrected chi connectivity index (χ4v) is 7.59. The summed E-state index contributed by atoms with van der Waals surface area (Å²) in [5.41, 5.74) is 15.6. The van der Waals surface area contributed by atoms with E-state index in [1.165, 1.54) is 67.1 Å². The molecular weight excluding hydrogens is 786 g/mol. The molecule has 0 aliphatic rings. The van der Waals surface area contributed by atoms with Gasteiger partial charge >= 0.3 is 0 Å². The van der Waals surface area contributed by atoms with Gasteiger partial charge in [0.2, 0.25) is 0 Å². The predicted octanol–water partition coefficient (Wildman–Crippen LogP) is 10.4. The second kappa shape index (κ2) is 23.1.